The largest absolute Gasteiger partial charge is 0.456 e. The van der Waals surface area contributed by atoms with Gasteiger partial charge in [-0.2, -0.15) is 0 Å². The molecule has 53 heavy (non-hydrogen) atoms. The Balaban J connectivity index is 1.07. The van der Waals surface area contributed by atoms with Crippen LogP contribution in [-0.2, 0) is 0 Å². The van der Waals surface area contributed by atoms with Gasteiger partial charge in [0.1, 0.15) is 22.3 Å². The van der Waals surface area contributed by atoms with Crippen LogP contribution in [0.1, 0.15) is 0 Å². The van der Waals surface area contributed by atoms with Gasteiger partial charge in [0, 0.05) is 38.6 Å². The van der Waals surface area contributed by atoms with Crippen molar-refractivity contribution in [1.82, 2.24) is 0 Å². The van der Waals surface area contributed by atoms with Crippen molar-refractivity contribution < 1.29 is 8.83 Å². The number of nitrogens with zero attached hydrogens (tertiary/aromatic N) is 1. The summed E-state index contributed by atoms with van der Waals surface area (Å²) in [4.78, 5) is 2.35. The number of rotatable bonds is 5. The highest BCUT2D eigenvalue weighted by Gasteiger charge is 2.18. The third-order valence-corrected chi connectivity index (χ3v) is 10.6. The average Bonchev–Trinajstić information content (AvgIpc) is 3.79. The molecule has 0 aliphatic rings. The van der Waals surface area contributed by atoms with Gasteiger partial charge in [-0.05, 0) is 117 Å². The average molecular weight is 678 g/mol. The molecule has 2 aromatic heterocycles. The summed E-state index contributed by atoms with van der Waals surface area (Å²) in [7, 11) is 0. The first-order valence-electron chi connectivity index (χ1n) is 18.0. The van der Waals surface area contributed by atoms with Gasteiger partial charge in [0.25, 0.3) is 0 Å². The predicted octanol–water partition coefficient (Wildman–Crippen LogP) is 14.6. The summed E-state index contributed by atoms with van der Waals surface area (Å²) >= 11 is 0. The van der Waals surface area contributed by atoms with E-state index in [1.165, 1.54) is 32.7 Å². The summed E-state index contributed by atoms with van der Waals surface area (Å²) in [5.41, 5.74) is 11.4. The molecule has 0 unspecified atom stereocenters. The van der Waals surface area contributed by atoms with Crippen LogP contribution in [0.2, 0.25) is 0 Å². The second kappa shape index (κ2) is 11.7. The van der Waals surface area contributed by atoms with Crippen molar-refractivity contribution in [2.24, 2.45) is 0 Å². The van der Waals surface area contributed by atoms with Crippen LogP contribution < -0.4 is 4.90 Å². The maximum atomic E-state index is 6.24. The molecule has 0 spiro atoms. The van der Waals surface area contributed by atoms with E-state index in [0.29, 0.717) is 0 Å². The highest BCUT2D eigenvalue weighted by Crippen LogP contribution is 2.42. The molecule has 0 atom stereocenters. The molecular formula is C50H31NO2. The Bertz CT molecular complexity index is 3180. The number of benzene rings is 9. The molecule has 11 rings (SSSR count). The molecular weight excluding hydrogens is 647 g/mol. The summed E-state index contributed by atoms with van der Waals surface area (Å²) in [6, 6.07) is 67.0. The Hall–Kier alpha value is -7.10. The van der Waals surface area contributed by atoms with E-state index in [9.17, 15) is 0 Å². The molecule has 2 heterocycles. The van der Waals surface area contributed by atoms with Crippen molar-refractivity contribution in [3.05, 3.63) is 188 Å². The molecule has 0 bridgehead atoms. The van der Waals surface area contributed by atoms with Gasteiger partial charge in [-0.15, -0.1) is 0 Å². The molecule has 0 N–H and O–H groups in total. The van der Waals surface area contributed by atoms with E-state index < -0.39 is 0 Å². The minimum atomic E-state index is 0.877. The number of furan rings is 2. The van der Waals surface area contributed by atoms with Crippen molar-refractivity contribution in [2.45, 2.75) is 0 Å². The Labute approximate surface area is 305 Å². The number of hydrogen-bond donors (Lipinski definition) is 0. The SMILES string of the molecule is c1cc(-c2cc3ccccc3c3ccccc23)cc(N(c2ccc(-c3ccc4c(c3)oc3ccccc34)cc2)c2ccc3oc4ccccc4c3c2)c1. The zero-order valence-electron chi connectivity index (χ0n) is 28.7. The maximum Gasteiger partial charge on any atom is 0.136 e. The Morgan fingerprint density at radius 1 is 0.283 bits per heavy atom. The van der Waals surface area contributed by atoms with E-state index in [1.807, 2.05) is 24.3 Å². The number of anilines is 3. The molecule has 3 nitrogen and oxygen atoms in total. The van der Waals surface area contributed by atoms with Gasteiger partial charge < -0.3 is 13.7 Å². The van der Waals surface area contributed by atoms with E-state index in [4.69, 9.17) is 8.83 Å². The lowest BCUT2D eigenvalue weighted by Gasteiger charge is -2.26. The van der Waals surface area contributed by atoms with E-state index in [0.717, 1.165) is 72.1 Å². The lowest BCUT2D eigenvalue weighted by Crippen LogP contribution is -2.10. The van der Waals surface area contributed by atoms with E-state index in [1.54, 1.807) is 0 Å². The molecule has 0 radical (unpaired) electrons. The molecule has 248 valence electrons. The first-order chi connectivity index (χ1) is 26.2. The van der Waals surface area contributed by atoms with E-state index >= 15 is 0 Å². The van der Waals surface area contributed by atoms with Gasteiger partial charge in [0.2, 0.25) is 0 Å². The van der Waals surface area contributed by atoms with Crippen molar-refractivity contribution >= 4 is 82.5 Å². The van der Waals surface area contributed by atoms with Crippen molar-refractivity contribution in [2.75, 3.05) is 4.90 Å². The Kier molecular flexibility index (Phi) is 6.55. The highest BCUT2D eigenvalue weighted by atomic mass is 16.3. The fraction of sp³-hybridized carbons (Fsp3) is 0. The fourth-order valence-electron chi connectivity index (χ4n) is 8.11. The molecule has 0 saturated carbocycles. The number of para-hydroxylation sites is 2. The van der Waals surface area contributed by atoms with E-state index in [-0.39, 0.29) is 0 Å². The molecule has 0 aliphatic carbocycles. The van der Waals surface area contributed by atoms with Crippen LogP contribution in [0.15, 0.2) is 197 Å². The van der Waals surface area contributed by atoms with Gasteiger partial charge in [0.05, 0.1) is 0 Å². The standard InChI is InChI=1S/C50H31NO2/c1-2-13-39-35(10-1)29-45(41-15-4-3-14-40(39)41)34-11-9-12-37(28-34)51(38-25-27-49-46(31-38)43-17-6-8-19-48(43)52-49)36-23-20-32(21-24-36)33-22-26-44-42-16-5-7-18-47(42)53-50(44)30-33/h1-31H. The highest BCUT2D eigenvalue weighted by molar-refractivity contribution is 6.14. The molecule has 0 fully saturated rings. The zero-order valence-corrected chi connectivity index (χ0v) is 28.7. The third kappa shape index (κ3) is 4.82. The minimum Gasteiger partial charge on any atom is -0.456 e. The number of hydrogen-bond acceptors (Lipinski definition) is 3. The van der Waals surface area contributed by atoms with Gasteiger partial charge in [-0.25, -0.2) is 0 Å². The molecule has 0 aliphatic heterocycles. The molecule has 3 heteroatoms. The van der Waals surface area contributed by atoms with Gasteiger partial charge in [-0.1, -0.05) is 115 Å². The van der Waals surface area contributed by atoms with Crippen molar-refractivity contribution in [3.63, 3.8) is 0 Å². The minimum absolute atomic E-state index is 0.877. The van der Waals surface area contributed by atoms with Crippen LogP contribution in [0, 0.1) is 0 Å². The first kappa shape index (κ1) is 29.6. The summed E-state index contributed by atoms with van der Waals surface area (Å²) in [6.45, 7) is 0. The van der Waals surface area contributed by atoms with Crippen molar-refractivity contribution in [1.29, 1.82) is 0 Å². The lowest BCUT2D eigenvalue weighted by atomic mass is 9.93. The van der Waals surface area contributed by atoms with Gasteiger partial charge in [0.15, 0.2) is 0 Å². The van der Waals surface area contributed by atoms with Crippen LogP contribution in [0.25, 0.3) is 87.7 Å². The predicted molar refractivity (Wildman–Crippen MR) is 222 cm³/mol. The van der Waals surface area contributed by atoms with Crippen LogP contribution in [0.3, 0.4) is 0 Å². The second-order valence-electron chi connectivity index (χ2n) is 13.7. The normalized spacial score (nSPS) is 11.8. The third-order valence-electron chi connectivity index (χ3n) is 10.6. The first-order valence-corrected chi connectivity index (χ1v) is 18.0. The Morgan fingerprint density at radius 2 is 0.868 bits per heavy atom. The van der Waals surface area contributed by atoms with Crippen LogP contribution in [0.5, 0.6) is 0 Å². The monoisotopic (exact) mass is 677 g/mol. The van der Waals surface area contributed by atoms with Gasteiger partial charge in [-0.3, -0.25) is 0 Å². The number of fused-ring (bicyclic) bond motifs is 9. The maximum absolute atomic E-state index is 6.24. The topological polar surface area (TPSA) is 29.5 Å². The molecule has 11 aromatic rings. The lowest BCUT2D eigenvalue weighted by molar-refractivity contribution is 0.668. The fourth-order valence-corrected chi connectivity index (χ4v) is 8.11. The van der Waals surface area contributed by atoms with Gasteiger partial charge >= 0.3 is 0 Å². The van der Waals surface area contributed by atoms with Crippen LogP contribution >= 0.6 is 0 Å². The van der Waals surface area contributed by atoms with Crippen LogP contribution in [-0.4, -0.2) is 0 Å². The summed E-state index contributed by atoms with van der Waals surface area (Å²) in [5.74, 6) is 0. The molecule has 0 saturated heterocycles. The zero-order chi connectivity index (χ0) is 34.9. The Morgan fingerprint density at radius 3 is 1.68 bits per heavy atom. The smallest absolute Gasteiger partial charge is 0.136 e. The second-order valence-corrected chi connectivity index (χ2v) is 13.7. The van der Waals surface area contributed by atoms with Crippen LogP contribution in [0.4, 0.5) is 17.1 Å². The summed E-state index contributed by atoms with van der Waals surface area (Å²) < 4.78 is 12.5. The van der Waals surface area contributed by atoms with E-state index in [2.05, 4.69) is 169 Å². The van der Waals surface area contributed by atoms with Crippen molar-refractivity contribution in [3.8, 4) is 22.3 Å². The quantitative estimate of drug-likeness (QED) is 0.170. The summed E-state index contributed by atoms with van der Waals surface area (Å²) in [6.07, 6.45) is 0. The molecule has 0 amide bonds. The summed E-state index contributed by atoms with van der Waals surface area (Å²) in [5, 5.41) is 9.48. The molecule has 9 aromatic carbocycles.